The molecule has 13 rings (SSSR count). The van der Waals surface area contributed by atoms with Crippen LogP contribution in [-0.4, -0.2) is 24.3 Å². The zero-order valence-corrected chi connectivity index (χ0v) is 35.1. The largest absolute Gasteiger partial charge is 0.256 e. The van der Waals surface area contributed by atoms with Crippen LogP contribution in [0.15, 0.2) is 207 Å². The zero-order valence-electron chi connectivity index (χ0n) is 35.1. The van der Waals surface area contributed by atoms with E-state index in [1.54, 1.807) is 0 Å². The fourth-order valence-electron chi connectivity index (χ4n) is 10.3. The molecule has 1 aliphatic rings. The molecule has 8 aromatic carbocycles. The molecule has 0 saturated heterocycles. The van der Waals surface area contributed by atoms with Crippen molar-refractivity contribution in [2.45, 2.75) is 13.3 Å². The molecule has 12 aromatic rings. The Balaban J connectivity index is 1.13. The van der Waals surface area contributed by atoms with Crippen LogP contribution in [-0.2, 0) is 6.42 Å². The van der Waals surface area contributed by atoms with Crippen LogP contribution in [0, 0.1) is 0 Å². The molecule has 0 spiro atoms. The smallest absolute Gasteiger partial charge is 0.129 e. The Morgan fingerprint density at radius 2 is 0.969 bits per heavy atom. The number of hydrogen-bond donors (Lipinski definition) is 0. The molecule has 0 radical (unpaired) electrons. The summed E-state index contributed by atoms with van der Waals surface area (Å²) in [6.07, 6.45) is 4.51. The Morgan fingerprint density at radius 1 is 0.391 bits per heavy atom. The van der Waals surface area contributed by atoms with Crippen LogP contribution < -0.4 is 0 Å². The average Bonchev–Trinajstić information content (AvgIpc) is 4.02. The van der Waals surface area contributed by atoms with E-state index < -0.39 is 0 Å². The predicted molar refractivity (Wildman–Crippen MR) is 264 cm³/mol. The molecule has 1 aliphatic carbocycles. The first kappa shape index (κ1) is 36.3. The van der Waals surface area contributed by atoms with Crippen molar-refractivity contribution in [3.63, 3.8) is 0 Å². The van der Waals surface area contributed by atoms with Gasteiger partial charge in [-0.3, -0.25) is 9.97 Å². The van der Waals surface area contributed by atoms with Crippen molar-refractivity contribution >= 4 is 43.6 Å². The molecular formula is C59H39N5. The summed E-state index contributed by atoms with van der Waals surface area (Å²) >= 11 is 0. The molecule has 0 saturated carbocycles. The third kappa shape index (κ3) is 5.47. The van der Waals surface area contributed by atoms with Crippen molar-refractivity contribution < 1.29 is 0 Å². The number of imidazole rings is 1. The number of pyridine rings is 2. The van der Waals surface area contributed by atoms with E-state index in [9.17, 15) is 0 Å². The second-order valence-corrected chi connectivity index (χ2v) is 16.6. The minimum atomic E-state index is 0.792. The molecule has 5 heteroatoms. The quantitative estimate of drug-likeness (QED) is 0.161. The maximum absolute atomic E-state index is 5.15. The van der Waals surface area contributed by atoms with Crippen LogP contribution in [0.4, 0.5) is 0 Å². The first-order valence-corrected chi connectivity index (χ1v) is 22.0. The van der Waals surface area contributed by atoms with Crippen molar-refractivity contribution in [3.8, 4) is 78.1 Å². The van der Waals surface area contributed by atoms with Crippen molar-refractivity contribution in [2.24, 2.45) is 0 Å². The van der Waals surface area contributed by atoms with Crippen LogP contribution >= 0.6 is 0 Å². The topological polar surface area (TPSA) is 48.5 Å². The van der Waals surface area contributed by atoms with Gasteiger partial charge >= 0.3 is 0 Å². The summed E-state index contributed by atoms with van der Waals surface area (Å²) in [6.45, 7) is 2.19. The monoisotopic (exact) mass is 817 g/mol. The highest BCUT2D eigenvalue weighted by Gasteiger charge is 2.31. The summed E-state index contributed by atoms with van der Waals surface area (Å²) in [7, 11) is 0. The van der Waals surface area contributed by atoms with Gasteiger partial charge < -0.3 is 0 Å². The van der Waals surface area contributed by atoms with E-state index in [4.69, 9.17) is 9.97 Å². The van der Waals surface area contributed by atoms with Gasteiger partial charge in [-0.25, -0.2) is 14.3 Å². The first-order valence-electron chi connectivity index (χ1n) is 22.0. The van der Waals surface area contributed by atoms with E-state index in [2.05, 4.69) is 191 Å². The van der Waals surface area contributed by atoms with Gasteiger partial charge in [-0.05, 0) is 121 Å². The summed E-state index contributed by atoms with van der Waals surface area (Å²) in [5.41, 5.74) is 20.5. The molecule has 0 fully saturated rings. The maximum atomic E-state index is 5.15. The van der Waals surface area contributed by atoms with Gasteiger partial charge in [0.1, 0.15) is 5.82 Å². The Labute approximate surface area is 370 Å². The predicted octanol–water partition coefficient (Wildman–Crippen LogP) is 14.9. The number of rotatable bonds is 7. The molecule has 300 valence electrons. The average molecular weight is 818 g/mol. The standard InChI is InChI=1S/C59H39N5/c1-2-55-62-51-20-4-6-22-53(51)64(55)63-52-21-5-3-15-43(52)44-32-31-42(35-54(44)63)48-36-47(37-23-25-38(26-24-37)49-18-7-9-33-60-49)58-45-16-11-13-40-14-12-17-46(56(40)45)59(58)57(48)41-29-27-39(28-30-41)50-19-8-10-34-61-50/h3-36H,2H2,1H3. The zero-order chi connectivity index (χ0) is 42.3. The van der Waals surface area contributed by atoms with Crippen molar-refractivity contribution in [2.75, 3.05) is 0 Å². The highest BCUT2D eigenvalue weighted by Crippen LogP contribution is 2.57. The fraction of sp³-hybridized carbons (Fsp3) is 0.0339. The van der Waals surface area contributed by atoms with Crippen molar-refractivity contribution in [1.29, 1.82) is 0 Å². The van der Waals surface area contributed by atoms with E-state index in [0.717, 1.165) is 73.5 Å². The molecule has 0 bridgehead atoms. The van der Waals surface area contributed by atoms with Gasteiger partial charge in [0.2, 0.25) is 0 Å². The molecule has 0 unspecified atom stereocenters. The lowest BCUT2D eigenvalue weighted by molar-refractivity contribution is 0.683. The van der Waals surface area contributed by atoms with Gasteiger partial charge in [-0.15, -0.1) is 0 Å². The van der Waals surface area contributed by atoms with E-state index >= 15 is 0 Å². The molecule has 64 heavy (non-hydrogen) atoms. The van der Waals surface area contributed by atoms with E-state index in [0.29, 0.717) is 0 Å². The van der Waals surface area contributed by atoms with Crippen LogP contribution in [0.5, 0.6) is 0 Å². The molecular weight excluding hydrogens is 779 g/mol. The normalized spacial score (nSPS) is 11.9. The molecule has 4 aromatic heterocycles. The summed E-state index contributed by atoms with van der Waals surface area (Å²) in [5, 5.41) is 4.94. The van der Waals surface area contributed by atoms with E-state index in [1.807, 2.05) is 36.7 Å². The first-order chi connectivity index (χ1) is 31.7. The summed E-state index contributed by atoms with van der Waals surface area (Å²) in [6, 6.07) is 70.4. The number of fused-ring (bicyclic) bond motifs is 7. The second kappa shape index (κ2) is 14.3. The number of benzene rings is 8. The van der Waals surface area contributed by atoms with Crippen molar-refractivity contribution in [1.82, 2.24) is 24.3 Å². The van der Waals surface area contributed by atoms with Gasteiger partial charge in [0.15, 0.2) is 0 Å². The minimum Gasteiger partial charge on any atom is -0.256 e. The number of aromatic nitrogens is 5. The van der Waals surface area contributed by atoms with Gasteiger partial charge in [0.05, 0.1) is 33.5 Å². The minimum absolute atomic E-state index is 0.792. The molecule has 4 heterocycles. The van der Waals surface area contributed by atoms with E-state index in [1.165, 1.54) is 60.5 Å². The third-order valence-corrected chi connectivity index (χ3v) is 13.1. The lowest BCUT2D eigenvalue weighted by Gasteiger charge is -2.21. The Hall–Kier alpha value is -8.41. The van der Waals surface area contributed by atoms with Crippen LogP contribution in [0.2, 0.25) is 0 Å². The lowest BCUT2D eigenvalue weighted by Crippen LogP contribution is -2.12. The second-order valence-electron chi connectivity index (χ2n) is 16.6. The molecule has 0 N–H and O–H groups in total. The van der Waals surface area contributed by atoms with Crippen LogP contribution in [0.3, 0.4) is 0 Å². The highest BCUT2D eigenvalue weighted by atomic mass is 15.5. The lowest BCUT2D eigenvalue weighted by atomic mass is 9.82. The van der Waals surface area contributed by atoms with Gasteiger partial charge in [-0.1, -0.05) is 146 Å². The number of aryl methyl sites for hydroxylation is 1. The van der Waals surface area contributed by atoms with Gasteiger partial charge in [0.25, 0.3) is 0 Å². The molecule has 5 nitrogen and oxygen atoms in total. The Bertz CT molecular complexity index is 3780. The molecule has 0 aliphatic heterocycles. The summed E-state index contributed by atoms with van der Waals surface area (Å²) < 4.78 is 4.72. The Kier molecular flexibility index (Phi) is 8.12. The molecule has 0 atom stereocenters. The fourth-order valence-corrected chi connectivity index (χ4v) is 10.3. The summed E-state index contributed by atoms with van der Waals surface area (Å²) in [5.74, 6) is 1.02. The Morgan fingerprint density at radius 3 is 1.66 bits per heavy atom. The van der Waals surface area contributed by atoms with Crippen LogP contribution in [0.25, 0.3) is 122 Å². The van der Waals surface area contributed by atoms with Crippen molar-refractivity contribution in [3.05, 3.63) is 212 Å². The SMILES string of the molecule is CCc1nc2ccccc2n1-n1c2ccccc2c2ccc(-c3cc(-c4ccc(-c5ccccn5)cc4)c4c(c3-c3ccc(-c5ccccn5)cc3)-c3cccc5cccc-4c35)cc21. The molecule has 0 amide bonds. The number of para-hydroxylation sites is 3. The van der Waals surface area contributed by atoms with Gasteiger partial charge in [0, 0.05) is 40.7 Å². The van der Waals surface area contributed by atoms with Crippen LogP contribution in [0.1, 0.15) is 12.7 Å². The highest BCUT2D eigenvalue weighted by molar-refractivity contribution is 6.23. The van der Waals surface area contributed by atoms with E-state index in [-0.39, 0.29) is 0 Å². The third-order valence-electron chi connectivity index (χ3n) is 13.1. The maximum Gasteiger partial charge on any atom is 0.129 e. The summed E-state index contributed by atoms with van der Waals surface area (Å²) in [4.78, 5) is 14.5. The number of hydrogen-bond acceptors (Lipinski definition) is 3. The number of nitrogens with zero attached hydrogens (tertiary/aromatic N) is 5. The van der Waals surface area contributed by atoms with Gasteiger partial charge in [-0.2, -0.15) is 0 Å².